The molecule has 0 aliphatic rings. The summed E-state index contributed by atoms with van der Waals surface area (Å²) >= 11 is 0. The molecule has 3 rings (SSSR count). The van der Waals surface area contributed by atoms with Crippen LogP contribution in [0.1, 0.15) is 35.0 Å². The minimum absolute atomic E-state index is 0.357. The molecule has 0 saturated heterocycles. The second kappa shape index (κ2) is 10.0. The smallest absolute Gasteiger partial charge is 0.260 e. The summed E-state index contributed by atoms with van der Waals surface area (Å²) in [7, 11) is -3.64. The number of carbonyl (C=O) groups excluding carboxylic acids is 1. The fourth-order valence-electron chi connectivity index (χ4n) is 3.74. The van der Waals surface area contributed by atoms with Crippen LogP contribution in [0.4, 0.5) is 5.69 Å². The van der Waals surface area contributed by atoms with Gasteiger partial charge in [-0.25, -0.2) is 13.8 Å². The van der Waals surface area contributed by atoms with E-state index in [0.29, 0.717) is 5.69 Å². The topological polar surface area (TPSA) is 83.8 Å². The molecular weight excluding hydrogens is 436 g/mol. The number of hydrazone groups is 1. The molecule has 33 heavy (non-hydrogen) atoms. The second-order valence-corrected chi connectivity index (χ2v) is 9.94. The lowest BCUT2D eigenvalue weighted by Gasteiger charge is -2.21. The molecule has 0 saturated carbocycles. The van der Waals surface area contributed by atoms with Gasteiger partial charge in [0.1, 0.15) is 6.54 Å². The van der Waals surface area contributed by atoms with Crippen molar-refractivity contribution in [2.45, 2.75) is 34.1 Å². The lowest BCUT2D eigenvalue weighted by Crippen LogP contribution is -2.39. The normalized spacial score (nSPS) is 11.7. The van der Waals surface area contributed by atoms with Crippen molar-refractivity contribution >= 4 is 27.8 Å². The molecule has 0 fully saturated rings. The van der Waals surface area contributed by atoms with E-state index in [1.54, 1.807) is 18.3 Å². The van der Waals surface area contributed by atoms with Gasteiger partial charge < -0.3 is 4.57 Å². The van der Waals surface area contributed by atoms with Crippen LogP contribution < -0.4 is 9.73 Å². The van der Waals surface area contributed by atoms with Gasteiger partial charge in [0, 0.05) is 22.6 Å². The molecule has 174 valence electrons. The van der Waals surface area contributed by atoms with Crippen molar-refractivity contribution in [3.8, 4) is 5.69 Å². The number of rotatable bonds is 8. The first-order valence-electron chi connectivity index (χ1n) is 10.7. The Kier molecular flexibility index (Phi) is 7.38. The highest BCUT2D eigenvalue weighted by atomic mass is 32.2. The summed E-state index contributed by atoms with van der Waals surface area (Å²) in [6.45, 7) is 7.74. The first kappa shape index (κ1) is 24.3. The summed E-state index contributed by atoms with van der Waals surface area (Å²) in [5.74, 6) is -0.524. The van der Waals surface area contributed by atoms with Crippen molar-refractivity contribution in [3.63, 3.8) is 0 Å². The van der Waals surface area contributed by atoms with Crippen LogP contribution in [0.5, 0.6) is 0 Å². The van der Waals surface area contributed by atoms with Gasteiger partial charge in [-0.1, -0.05) is 37.3 Å². The van der Waals surface area contributed by atoms with Gasteiger partial charge in [-0.05, 0) is 62.6 Å². The van der Waals surface area contributed by atoms with Crippen LogP contribution in [0.15, 0.2) is 59.7 Å². The van der Waals surface area contributed by atoms with Crippen LogP contribution in [-0.2, 0) is 21.2 Å². The third-order valence-electron chi connectivity index (χ3n) is 5.54. The Labute approximate surface area is 195 Å². The summed E-state index contributed by atoms with van der Waals surface area (Å²) in [6.07, 6.45) is 3.51. The van der Waals surface area contributed by atoms with Crippen molar-refractivity contribution in [2.24, 2.45) is 5.10 Å². The Hall–Kier alpha value is -3.39. The maximum atomic E-state index is 12.5. The zero-order chi connectivity index (χ0) is 24.2. The predicted octanol–water partition coefficient (Wildman–Crippen LogP) is 3.88. The molecule has 0 radical (unpaired) electrons. The van der Waals surface area contributed by atoms with E-state index in [2.05, 4.69) is 34.2 Å². The van der Waals surface area contributed by atoms with Crippen LogP contribution in [0, 0.1) is 20.8 Å². The van der Waals surface area contributed by atoms with Gasteiger partial charge in [-0.15, -0.1) is 0 Å². The number of hydrogen-bond donors (Lipinski definition) is 1. The van der Waals surface area contributed by atoms with Gasteiger partial charge >= 0.3 is 0 Å². The number of amides is 1. The monoisotopic (exact) mass is 466 g/mol. The average molecular weight is 467 g/mol. The van der Waals surface area contributed by atoms with Crippen molar-refractivity contribution in [1.82, 2.24) is 9.99 Å². The van der Waals surface area contributed by atoms with Gasteiger partial charge in [0.2, 0.25) is 10.0 Å². The van der Waals surface area contributed by atoms with E-state index in [4.69, 9.17) is 0 Å². The molecule has 0 unspecified atom stereocenters. The molecule has 1 heterocycles. The summed E-state index contributed by atoms with van der Waals surface area (Å²) in [6, 6.07) is 17.2. The number of benzene rings is 2. The molecule has 7 nitrogen and oxygen atoms in total. The Morgan fingerprint density at radius 2 is 1.76 bits per heavy atom. The minimum atomic E-state index is -3.64. The highest BCUT2D eigenvalue weighted by molar-refractivity contribution is 7.92. The van der Waals surface area contributed by atoms with E-state index < -0.39 is 15.9 Å². The predicted molar refractivity (Wildman–Crippen MR) is 134 cm³/mol. The molecule has 1 aromatic heterocycles. The molecule has 0 atom stereocenters. The summed E-state index contributed by atoms with van der Waals surface area (Å²) < 4.78 is 27.8. The van der Waals surface area contributed by atoms with Crippen LogP contribution in [0.2, 0.25) is 0 Å². The lowest BCUT2D eigenvalue weighted by atomic mass is 10.1. The molecule has 0 aliphatic heterocycles. The number of hydrogen-bond acceptors (Lipinski definition) is 4. The second-order valence-electron chi connectivity index (χ2n) is 8.03. The van der Waals surface area contributed by atoms with Crippen molar-refractivity contribution in [3.05, 3.63) is 82.7 Å². The van der Waals surface area contributed by atoms with Gasteiger partial charge in [-0.2, -0.15) is 5.10 Å². The quantitative estimate of drug-likeness (QED) is 0.404. The Bertz CT molecular complexity index is 1280. The number of anilines is 1. The number of aromatic nitrogens is 1. The zero-order valence-corrected chi connectivity index (χ0v) is 20.5. The molecule has 3 aromatic rings. The first-order valence-corrected chi connectivity index (χ1v) is 12.6. The van der Waals surface area contributed by atoms with Gasteiger partial charge in [0.25, 0.3) is 5.91 Å². The van der Waals surface area contributed by atoms with Crippen LogP contribution in [0.25, 0.3) is 5.69 Å². The number of carbonyl (C=O) groups is 1. The highest BCUT2D eigenvalue weighted by Crippen LogP contribution is 2.22. The van der Waals surface area contributed by atoms with Crippen molar-refractivity contribution < 1.29 is 13.2 Å². The third kappa shape index (κ3) is 5.70. The van der Waals surface area contributed by atoms with Crippen LogP contribution in [-0.4, -0.2) is 37.9 Å². The van der Waals surface area contributed by atoms with E-state index in [1.807, 2.05) is 51.1 Å². The number of aryl methyl sites for hydroxylation is 3. The number of sulfonamides is 1. The minimum Gasteiger partial charge on any atom is -0.318 e. The summed E-state index contributed by atoms with van der Waals surface area (Å²) in [4.78, 5) is 12.5. The Balaban J connectivity index is 1.74. The van der Waals surface area contributed by atoms with Crippen molar-refractivity contribution in [2.75, 3.05) is 17.1 Å². The first-order chi connectivity index (χ1) is 15.6. The van der Waals surface area contributed by atoms with Gasteiger partial charge in [0.15, 0.2) is 0 Å². The number of para-hydroxylation sites is 1. The highest BCUT2D eigenvalue weighted by Gasteiger charge is 2.20. The molecule has 2 aromatic carbocycles. The van der Waals surface area contributed by atoms with E-state index >= 15 is 0 Å². The molecule has 0 spiro atoms. The molecule has 8 heteroatoms. The maximum Gasteiger partial charge on any atom is 0.260 e. The molecule has 1 N–H and O–H groups in total. The van der Waals surface area contributed by atoms with Gasteiger partial charge in [-0.3, -0.25) is 9.10 Å². The van der Waals surface area contributed by atoms with Crippen molar-refractivity contribution in [1.29, 1.82) is 0 Å². The maximum absolute atomic E-state index is 12.5. The standard InChI is InChI=1S/C25H30N4O3S/c1-6-21-11-13-23(14-12-21)28(33(5,31)32)17-25(30)27-26-16-22-15-19(3)29(20(22)4)24-10-8-7-9-18(24)2/h7-16H,6,17H2,1-5H3,(H,27,30)/b26-16-. The summed E-state index contributed by atoms with van der Waals surface area (Å²) in [5, 5.41) is 4.07. The average Bonchev–Trinajstić information content (AvgIpc) is 3.05. The number of nitrogens with one attached hydrogen (secondary N) is 1. The summed E-state index contributed by atoms with van der Waals surface area (Å²) in [5.41, 5.74) is 9.13. The van der Waals surface area contributed by atoms with Crippen LogP contribution >= 0.6 is 0 Å². The van der Waals surface area contributed by atoms with Gasteiger partial charge in [0.05, 0.1) is 18.2 Å². The Morgan fingerprint density at radius 1 is 1.09 bits per heavy atom. The molecule has 0 aliphatic carbocycles. The molecule has 1 amide bonds. The Morgan fingerprint density at radius 3 is 2.36 bits per heavy atom. The van der Waals surface area contributed by atoms with E-state index in [9.17, 15) is 13.2 Å². The fourth-order valence-corrected chi connectivity index (χ4v) is 4.60. The number of nitrogens with zero attached hydrogens (tertiary/aromatic N) is 3. The van der Waals surface area contributed by atoms with E-state index in [0.717, 1.165) is 50.7 Å². The van der Waals surface area contributed by atoms with E-state index in [-0.39, 0.29) is 6.54 Å². The SMILES string of the molecule is CCc1ccc(N(CC(=O)N/N=C\c2cc(C)n(-c3ccccc3C)c2C)S(C)(=O)=O)cc1. The molecular formula is C25H30N4O3S. The largest absolute Gasteiger partial charge is 0.318 e. The van der Waals surface area contributed by atoms with Crippen LogP contribution in [0.3, 0.4) is 0 Å². The van der Waals surface area contributed by atoms with E-state index in [1.165, 1.54) is 0 Å². The fraction of sp³-hybridized carbons (Fsp3) is 0.280. The lowest BCUT2D eigenvalue weighted by molar-refractivity contribution is -0.119. The third-order valence-corrected chi connectivity index (χ3v) is 6.68. The molecule has 0 bridgehead atoms. The zero-order valence-electron chi connectivity index (χ0n) is 19.7.